The molecule has 1 nitrogen and oxygen atoms in total. The molecule has 0 heterocycles. The Bertz CT molecular complexity index is 66.6. The van der Waals surface area contributed by atoms with E-state index in [1.54, 1.807) is 0 Å². The Labute approximate surface area is 44.7 Å². The molecule has 0 rings (SSSR count). The first-order valence-electron chi connectivity index (χ1n) is 2.44. The molecular weight excluding hydrogens is 88.1 g/mol. The van der Waals surface area contributed by atoms with Gasteiger partial charge in [0.15, 0.2) is 0 Å². The van der Waals surface area contributed by atoms with Gasteiger partial charge in [0.2, 0.25) is 0 Å². The van der Waals surface area contributed by atoms with E-state index < -0.39 is 0 Å². The molecule has 0 amide bonds. The molecule has 1 N–H and O–H groups in total. The molecule has 1 unspecified atom stereocenters. The second-order valence-electron chi connectivity index (χ2n) is 1.93. The first-order valence-corrected chi connectivity index (χ1v) is 2.44. The Morgan fingerprint density at radius 2 is 2.29 bits per heavy atom. The molecule has 42 valence electrons. The van der Waals surface area contributed by atoms with Gasteiger partial charge in [-0.1, -0.05) is 19.1 Å². The van der Waals surface area contributed by atoms with Crippen molar-refractivity contribution in [2.45, 2.75) is 13.8 Å². The van der Waals surface area contributed by atoms with Crippen LogP contribution in [0.1, 0.15) is 13.8 Å². The van der Waals surface area contributed by atoms with Crippen molar-refractivity contribution in [1.82, 2.24) is 0 Å². The van der Waals surface area contributed by atoms with Gasteiger partial charge in [0, 0.05) is 6.61 Å². The SMILES string of the molecule is C=C(C)C(C)CO. The fourth-order valence-corrected chi connectivity index (χ4v) is 0.156. The molecule has 0 spiro atoms. The molecule has 0 bridgehead atoms. The predicted molar refractivity (Wildman–Crippen MR) is 31.1 cm³/mol. The Kier molecular flexibility index (Phi) is 2.68. The first kappa shape index (κ1) is 6.70. The second kappa shape index (κ2) is 2.80. The van der Waals surface area contributed by atoms with Crippen LogP contribution in [0.25, 0.3) is 0 Å². The molecule has 0 aliphatic carbocycles. The minimum absolute atomic E-state index is 0.218. The zero-order valence-corrected chi connectivity index (χ0v) is 4.94. The van der Waals surface area contributed by atoms with Gasteiger partial charge >= 0.3 is 0 Å². The van der Waals surface area contributed by atoms with Gasteiger partial charge < -0.3 is 5.11 Å². The van der Waals surface area contributed by atoms with Gasteiger partial charge in [-0.3, -0.25) is 0 Å². The second-order valence-corrected chi connectivity index (χ2v) is 1.93. The van der Waals surface area contributed by atoms with Crippen LogP contribution in [0.15, 0.2) is 12.2 Å². The summed E-state index contributed by atoms with van der Waals surface area (Å²) in [5.74, 6) is 0.264. The molecule has 0 radical (unpaired) electrons. The fourth-order valence-electron chi connectivity index (χ4n) is 0.156. The standard InChI is InChI=1S/C6H12O/c1-5(2)6(3)4-7/h6-7H,1,4H2,2-3H3. The highest BCUT2D eigenvalue weighted by atomic mass is 16.3. The maximum atomic E-state index is 8.44. The van der Waals surface area contributed by atoms with Crippen molar-refractivity contribution in [3.05, 3.63) is 12.2 Å². The lowest BCUT2D eigenvalue weighted by atomic mass is 10.1. The van der Waals surface area contributed by atoms with Crippen molar-refractivity contribution >= 4 is 0 Å². The largest absolute Gasteiger partial charge is 0.396 e. The van der Waals surface area contributed by atoms with Gasteiger partial charge in [0.05, 0.1) is 0 Å². The summed E-state index contributed by atoms with van der Waals surface area (Å²) in [6.45, 7) is 7.75. The van der Waals surface area contributed by atoms with Crippen LogP contribution < -0.4 is 0 Å². The van der Waals surface area contributed by atoms with E-state index in [2.05, 4.69) is 6.58 Å². The van der Waals surface area contributed by atoms with Gasteiger partial charge in [0.25, 0.3) is 0 Å². The Morgan fingerprint density at radius 1 is 1.86 bits per heavy atom. The van der Waals surface area contributed by atoms with Gasteiger partial charge in [-0.2, -0.15) is 0 Å². The molecule has 0 fully saturated rings. The minimum Gasteiger partial charge on any atom is -0.396 e. The summed E-state index contributed by atoms with van der Waals surface area (Å²) in [7, 11) is 0. The van der Waals surface area contributed by atoms with Crippen LogP contribution in [0, 0.1) is 5.92 Å². The molecule has 1 atom stereocenters. The quantitative estimate of drug-likeness (QED) is 0.517. The summed E-state index contributed by atoms with van der Waals surface area (Å²) < 4.78 is 0. The van der Waals surface area contributed by atoms with Crippen molar-refractivity contribution in [3.63, 3.8) is 0 Å². The van der Waals surface area contributed by atoms with Crippen LogP contribution in [0.2, 0.25) is 0 Å². The molecule has 0 aromatic heterocycles. The maximum absolute atomic E-state index is 8.44. The number of hydrogen-bond acceptors (Lipinski definition) is 1. The third-order valence-corrected chi connectivity index (χ3v) is 1.12. The van der Waals surface area contributed by atoms with E-state index in [4.69, 9.17) is 5.11 Å². The summed E-state index contributed by atoms with van der Waals surface area (Å²) >= 11 is 0. The summed E-state index contributed by atoms with van der Waals surface area (Å²) in [4.78, 5) is 0. The highest BCUT2D eigenvalue weighted by Crippen LogP contribution is 2.03. The van der Waals surface area contributed by atoms with Crippen LogP contribution >= 0.6 is 0 Å². The Morgan fingerprint density at radius 3 is 2.29 bits per heavy atom. The van der Waals surface area contributed by atoms with E-state index in [1.807, 2.05) is 13.8 Å². The van der Waals surface area contributed by atoms with Crippen LogP contribution in [-0.2, 0) is 0 Å². The van der Waals surface area contributed by atoms with Crippen molar-refractivity contribution in [2.24, 2.45) is 5.92 Å². The van der Waals surface area contributed by atoms with E-state index in [1.165, 1.54) is 0 Å². The third-order valence-electron chi connectivity index (χ3n) is 1.12. The highest BCUT2D eigenvalue weighted by Gasteiger charge is 1.96. The lowest BCUT2D eigenvalue weighted by Gasteiger charge is -2.03. The normalized spacial score (nSPS) is 13.6. The molecule has 0 aliphatic rings. The lowest BCUT2D eigenvalue weighted by molar-refractivity contribution is 0.256. The van der Waals surface area contributed by atoms with Gasteiger partial charge in [-0.15, -0.1) is 0 Å². The van der Waals surface area contributed by atoms with E-state index in [-0.39, 0.29) is 12.5 Å². The van der Waals surface area contributed by atoms with E-state index in [0.29, 0.717) is 0 Å². The smallest absolute Gasteiger partial charge is 0.0493 e. The van der Waals surface area contributed by atoms with E-state index in [0.717, 1.165) is 5.57 Å². The topological polar surface area (TPSA) is 20.2 Å². The predicted octanol–water partition coefficient (Wildman–Crippen LogP) is 1.19. The summed E-state index contributed by atoms with van der Waals surface area (Å²) in [6, 6.07) is 0. The minimum atomic E-state index is 0.218. The van der Waals surface area contributed by atoms with Crippen molar-refractivity contribution < 1.29 is 5.11 Å². The summed E-state index contributed by atoms with van der Waals surface area (Å²) in [6.07, 6.45) is 0. The molecule has 0 aromatic rings. The molecule has 0 saturated carbocycles. The van der Waals surface area contributed by atoms with Gasteiger partial charge in [-0.25, -0.2) is 0 Å². The summed E-state index contributed by atoms with van der Waals surface area (Å²) in [5, 5.41) is 8.44. The van der Waals surface area contributed by atoms with E-state index >= 15 is 0 Å². The maximum Gasteiger partial charge on any atom is 0.0493 e. The summed E-state index contributed by atoms with van der Waals surface area (Å²) in [5.41, 5.74) is 1.04. The van der Waals surface area contributed by atoms with Crippen molar-refractivity contribution in [2.75, 3.05) is 6.61 Å². The van der Waals surface area contributed by atoms with Crippen LogP contribution in [0.5, 0.6) is 0 Å². The first-order chi connectivity index (χ1) is 3.18. The molecular formula is C6H12O. The monoisotopic (exact) mass is 100 g/mol. The van der Waals surface area contributed by atoms with Gasteiger partial charge in [-0.05, 0) is 12.8 Å². The van der Waals surface area contributed by atoms with Crippen molar-refractivity contribution in [3.8, 4) is 0 Å². The number of aliphatic hydroxyl groups is 1. The third kappa shape index (κ3) is 2.40. The average Bonchev–Trinajstić information content (AvgIpc) is 1.65. The zero-order valence-electron chi connectivity index (χ0n) is 4.94. The lowest BCUT2D eigenvalue weighted by Crippen LogP contribution is -1.99. The number of aliphatic hydroxyl groups excluding tert-OH is 1. The van der Waals surface area contributed by atoms with Crippen LogP contribution in [0.4, 0.5) is 0 Å². The molecule has 0 aromatic carbocycles. The highest BCUT2D eigenvalue weighted by molar-refractivity contribution is 4.93. The zero-order chi connectivity index (χ0) is 5.86. The van der Waals surface area contributed by atoms with Crippen molar-refractivity contribution in [1.29, 1.82) is 0 Å². The van der Waals surface area contributed by atoms with Crippen LogP contribution in [0.3, 0.4) is 0 Å². The molecule has 0 aliphatic heterocycles. The molecule has 7 heavy (non-hydrogen) atoms. The van der Waals surface area contributed by atoms with E-state index in [9.17, 15) is 0 Å². The average molecular weight is 100 g/mol. The Hall–Kier alpha value is -0.300. The number of hydrogen-bond donors (Lipinski definition) is 1. The number of rotatable bonds is 2. The van der Waals surface area contributed by atoms with Crippen LogP contribution in [-0.4, -0.2) is 11.7 Å². The van der Waals surface area contributed by atoms with Gasteiger partial charge in [0.1, 0.15) is 0 Å². The fraction of sp³-hybridized carbons (Fsp3) is 0.667. The molecule has 1 heteroatoms. The molecule has 0 saturated heterocycles. The Balaban J connectivity index is 3.34.